The van der Waals surface area contributed by atoms with Gasteiger partial charge in [0.2, 0.25) is 11.8 Å². The van der Waals surface area contributed by atoms with E-state index < -0.39 is 0 Å². The van der Waals surface area contributed by atoms with E-state index in [1.165, 1.54) is 5.56 Å². The van der Waals surface area contributed by atoms with Crippen LogP contribution in [0.2, 0.25) is 0 Å². The van der Waals surface area contributed by atoms with Crippen molar-refractivity contribution in [3.8, 4) is 0 Å². The Balaban J connectivity index is 1.09. The molecule has 8 heteroatoms. The number of benzene rings is 2. The molecule has 206 valence electrons. The Morgan fingerprint density at radius 1 is 0.923 bits per heavy atom. The van der Waals surface area contributed by atoms with Gasteiger partial charge in [0.25, 0.3) is 5.91 Å². The van der Waals surface area contributed by atoms with Crippen molar-refractivity contribution in [1.29, 1.82) is 0 Å². The number of aryl methyl sites for hydroxylation is 1. The van der Waals surface area contributed by atoms with Crippen molar-refractivity contribution in [3.05, 3.63) is 70.3 Å². The molecule has 8 nitrogen and oxygen atoms in total. The number of imide groups is 1. The first kappa shape index (κ1) is 27.2. The molecule has 0 radical (unpaired) electrons. The van der Waals surface area contributed by atoms with Gasteiger partial charge in [0.05, 0.1) is 13.2 Å². The van der Waals surface area contributed by atoms with Gasteiger partial charge in [-0.05, 0) is 67.3 Å². The third-order valence-electron chi connectivity index (χ3n) is 8.27. The van der Waals surface area contributed by atoms with E-state index in [-0.39, 0.29) is 35.3 Å². The number of morpholine rings is 1. The molecule has 0 spiro atoms. The van der Waals surface area contributed by atoms with Crippen molar-refractivity contribution >= 4 is 23.5 Å². The predicted molar refractivity (Wildman–Crippen MR) is 146 cm³/mol. The van der Waals surface area contributed by atoms with E-state index in [9.17, 15) is 19.2 Å². The summed E-state index contributed by atoms with van der Waals surface area (Å²) in [5, 5.41) is 5.40. The highest BCUT2D eigenvalue weighted by Gasteiger charge is 2.31. The van der Waals surface area contributed by atoms with Gasteiger partial charge < -0.3 is 10.1 Å². The number of hydrogen-bond donors (Lipinski definition) is 2. The second-order valence-corrected chi connectivity index (χ2v) is 10.9. The van der Waals surface area contributed by atoms with Crippen molar-refractivity contribution in [2.75, 3.05) is 32.8 Å². The van der Waals surface area contributed by atoms with E-state index in [2.05, 4.69) is 15.5 Å². The van der Waals surface area contributed by atoms with Crippen molar-refractivity contribution in [2.45, 2.75) is 51.5 Å². The molecule has 2 aliphatic heterocycles. The number of nitrogens with zero attached hydrogens (tertiary/aromatic N) is 1. The van der Waals surface area contributed by atoms with Crippen LogP contribution in [0.5, 0.6) is 0 Å². The molecule has 3 aliphatic rings. The molecular weight excluding hydrogens is 494 g/mol. The van der Waals surface area contributed by atoms with Crippen molar-refractivity contribution in [3.63, 3.8) is 0 Å². The van der Waals surface area contributed by atoms with Crippen LogP contribution in [0, 0.1) is 11.8 Å². The molecule has 2 N–H and O–H groups in total. The van der Waals surface area contributed by atoms with Gasteiger partial charge in [-0.15, -0.1) is 0 Å². The van der Waals surface area contributed by atoms with E-state index in [4.69, 9.17) is 4.74 Å². The molecule has 1 aliphatic carbocycles. The smallest absolute Gasteiger partial charge is 0.251 e. The molecular formula is C31H37N3O5. The van der Waals surface area contributed by atoms with Crippen molar-refractivity contribution in [2.24, 2.45) is 11.8 Å². The Morgan fingerprint density at radius 2 is 1.64 bits per heavy atom. The number of Topliss-reactive ketones (excluding diaryl/α,β-unsaturated/α-hetero) is 1. The van der Waals surface area contributed by atoms with Crippen LogP contribution in [0.1, 0.15) is 69.5 Å². The van der Waals surface area contributed by atoms with E-state index in [1.807, 2.05) is 42.5 Å². The number of ether oxygens (including phenoxy) is 1. The minimum absolute atomic E-state index is 0.0923. The number of fused-ring (bicyclic) bond motifs is 1. The van der Waals surface area contributed by atoms with Crippen LogP contribution in [-0.2, 0) is 33.7 Å². The summed E-state index contributed by atoms with van der Waals surface area (Å²) in [7, 11) is 0. The molecule has 39 heavy (non-hydrogen) atoms. The highest BCUT2D eigenvalue weighted by Crippen LogP contribution is 2.31. The molecule has 2 aromatic rings. The van der Waals surface area contributed by atoms with Crippen LogP contribution in [0.4, 0.5) is 0 Å². The zero-order valence-electron chi connectivity index (χ0n) is 22.4. The molecule has 2 heterocycles. The number of nitrogens with one attached hydrogen (secondary N) is 2. The van der Waals surface area contributed by atoms with Crippen LogP contribution >= 0.6 is 0 Å². The first-order chi connectivity index (χ1) is 19.0. The molecule has 2 unspecified atom stereocenters. The zero-order valence-corrected chi connectivity index (χ0v) is 22.4. The van der Waals surface area contributed by atoms with Crippen LogP contribution in [0.25, 0.3) is 0 Å². The van der Waals surface area contributed by atoms with E-state index in [0.29, 0.717) is 37.8 Å². The maximum atomic E-state index is 13.1. The maximum absolute atomic E-state index is 13.1. The zero-order chi connectivity index (χ0) is 27.2. The quantitative estimate of drug-likeness (QED) is 0.482. The summed E-state index contributed by atoms with van der Waals surface area (Å²) in [6.45, 7) is 4.94. The van der Waals surface area contributed by atoms with Crippen LogP contribution in [-0.4, -0.2) is 61.3 Å². The number of hydrogen-bond acceptors (Lipinski definition) is 6. The first-order valence-electron chi connectivity index (χ1n) is 14.1. The number of carbonyl (C=O) groups is 4. The summed E-state index contributed by atoms with van der Waals surface area (Å²) >= 11 is 0. The van der Waals surface area contributed by atoms with Gasteiger partial charge in [0.1, 0.15) is 0 Å². The van der Waals surface area contributed by atoms with Gasteiger partial charge >= 0.3 is 0 Å². The lowest BCUT2D eigenvalue weighted by Crippen LogP contribution is -2.41. The fourth-order valence-corrected chi connectivity index (χ4v) is 5.80. The standard InChI is InChI=1S/C31H37N3O5/c35-28-12-10-25(31(38)33-28)8-6-23-7-9-26-19-22(3-11-27(26)29(23)36)20-32-30(37)24-4-1-21(2-5-24)13-14-34-15-17-39-18-16-34/h1-5,11,19,23,25H,6-10,12-18,20H2,(H,32,37)(H,33,35,38). The second kappa shape index (κ2) is 12.7. The number of rotatable bonds is 9. The second-order valence-electron chi connectivity index (χ2n) is 10.9. The Kier molecular flexibility index (Phi) is 8.84. The summed E-state index contributed by atoms with van der Waals surface area (Å²) in [6.07, 6.45) is 4.74. The molecule has 2 aromatic carbocycles. The van der Waals surface area contributed by atoms with E-state index in [1.54, 1.807) is 0 Å². The number of amides is 3. The maximum Gasteiger partial charge on any atom is 0.251 e. The summed E-state index contributed by atoms with van der Waals surface area (Å²) in [4.78, 5) is 51.6. The first-order valence-corrected chi connectivity index (χ1v) is 14.1. The molecule has 2 saturated heterocycles. The monoisotopic (exact) mass is 531 g/mol. The highest BCUT2D eigenvalue weighted by atomic mass is 16.5. The largest absolute Gasteiger partial charge is 0.379 e. The normalized spacial score (nSPS) is 21.8. The van der Waals surface area contributed by atoms with Gasteiger partial charge in [-0.25, -0.2) is 0 Å². The van der Waals surface area contributed by atoms with E-state index in [0.717, 1.165) is 68.8 Å². The molecule has 0 bridgehead atoms. The lowest BCUT2D eigenvalue weighted by molar-refractivity contribution is -0.136. The Hall–Kier alpha value is -3.36. The van der Waals surface area contributed by atoms with Crippen molar-refractivity contribution in [1.82, 2.24) is 15.5 Å². The number of carbonyl (C=O) groups excluding carboxylic acids is 4. The van der Waals surface area contributed by atoms with E-state index >= 15 is 0 Å². The summed E-state index contributed by atoms with van der Waals surface area (Å²) in [6, 6.07) is 13.6. The summed E-state index contributed by atoms with van der Waals surface area (Å²) < 4.78 is 5.40. The van der Waals surface area contributed by atoms with Crippen LogP contribution in [0.15, 0.2) is 42.5 Å². The van der Waals surface area contributed by atoms with Crippen LogP contribution < -0.4 is 10.6 Å². The Labute approximate surface area is 229 Å². The van der Waals surface area contributed by atoms with Gasteiger partial charge in [-0.2, -0.15) is 0 Å². The Morgan fingerprint density at radius 3 is 2.41 bits per heavy atom. The Bertz CT molecular complexity index is 1220. The topological polar surface area (TPSA) is 105 Å². The highest BCUT2D eigenvalue weighted by molar-refractivity contribution is 6.01. The molecule has 2 atom stereocenters. The van der Waals surface area contributed by atoms with Gasteiger partial charge in [0, 0.05) is 55.6 Å². The fourth-order valence-electron chi connectivity index (χ4n) is 5.80. The lowest BCUT2D eigenvalue weighted by Gasteiger charge is -2.26. The van der Waals surface area contributed by atoms with Crippen molar-refractivity contribution < 1.29 is 23.9 Å². The molecule has 2 fully saturated rings. The SMILES string of the molecule is O=C1CCC(CCC2CCc3cc(CNC(=O)c4ccc(CCN5CCOCC5)cc4)ccc3C2=O)C(=O)N1. The fraction of sp³-hybridized carbons (Fsp3) is 0.484. The summed E-state index contributed by atoms with van der Waals surface area (Å²) in [5.41, 5.74) is 4.59. The lowest BCUT2D eigenvalue weighted by atomic mass is 9.78. The van der Waals surface area contributed by atoms with Gasteiger partial charge in [-0.1, -0.05) is 30.3 Å². The third kappa shape index (κ3) is 6.99. The summed E-state index contributed by atoms with van der Waals surface area (Å²) in [5.74, 6) is -0.676. The average molecular weight is 532 g/mol. The number of piperidine rings is 1. The molecule has 5 rings (SSSR count). The number of ketones is 1. The minimum Gasteiger partial charge on any atom is -0.379 e. The molecule has 0 saturated carbocycles. The predicted octanol–water partition coefficient (Wildman–Crippen LogP) is 3.07. The minimum atomic E-state index is -0.209. The molecule has 0 aromatic heterocycles. The third-order valence-corrected chi connectivity index (χ3v) is 8.27. The average Bonchev–Trinajstić information content (AvgIpc) is 2.96. The molecule has 3 amide bonds. The van der Waals surface area contributed by atoms with Gasteiger partial charge in [-0.3, -0.25) is 29.4 Å². The van der Waals surface area contributed by atoms with Gasteiger partial charge in [0.15, 0.2) is 5.78 Å². The van der Waals surface area contributed by atoms with Crippen LogP contribution in [0.3, 0.4) is 0 Å².